The van der Waals surface area contributed by atoms with Crippen LogP contribution in [0.25, 0.3) is 154 Å². The molecule has 18 aromatic rings. The molecular formula is C90H64BIN4O2. The minimum atomic E-state index is -1.41. The van der Waals surface area contributed by atoms with Crippen molar-refractivity contribution in [1.82, 2.24) is 19.1 Å². The largest absolute Gasteiger partial charge is 0.488 e. The fourth-order valence-electron chi connectivity index (χ4n) is 13.8. The molecule has 0 fully saturated rings. The van der Waals surface area contributed by atoms with Gasteiger partial charge in [0, 0.05) is 68.1 Å². The number of halogens is 1. The van der Waals surface area contributed by atoms with Crippen LogP contribution in [-0.2, 0) is 0 Å². The Bertz CT molecular complexity index is 5860. The molecule has 0 aliphatic heterocycles. The Morgan fingerprint density at radius 3 is 1.04 bits per heavy atom. The SMILES string of the molecule is Ic1cccc2cccc(-c3ccc(-c4ccc5c(c4)c4ccccc4n5-c4ccccc4)cc3)c12.OB(O)c1ccc(-c2cccnc2)cc1.[2HH].c1ccc(-n2c3ccccc3c3cc(-c4ccc(-c5cccc6cccc(-c7ccc(-c8cccnc8)cc7)c56)cc4)ccc32)cc1. The monoisotopic (exact) mass is 1370 g/mol. The van der Waals surface area contributed by atoms with E-state index in [0.717, 1.165) is 16.7 Å². The Morgan fingerprint density at radius 2 is 0.622 bits per heavy atom. The summed E-state index contributed by atoms with van der Waals surface area (Å²) < 4.78 is 6.01. The van der Waals surface area contributed by atoms with E-state index in [1.54, 1.807) is 24.5 Å². The van der Waals surface area contributed by atoms with Crippen LogP contribution in [0.15, 0.2) is 365 Å². The van der Waals surface area contributed by atoms with Gasteiger partial charge in [0.15, 0.2) is 0 Å². The van der Waals surface area contributed by atoms with Crippen molar-refractivity contribution in [2.45, 2.75) is 0 Å². The maximum atomic E-state index is 8.93. The minimum absolute atomic E-state index is 0. The highest BCUT2D eigenvalue weighted by molar-refractivity contribution is 14.1. The molecule has 8 heteroatoms. The van der Waals surface area contributed by atoms with E-state index in [2.05, 4.69) is 339 Å². The zero-order valence-corrected chi connectivity index (χ0v) is 55.4. The summed E-state index contributed by atoms with van der Waals surface area (Å²) in [6.07, 6.45) is 7.21. The topological polar surface area (TPSA) is 76.1 Å². The Balaban J connectivity index is 0.000000135. The van der Waals surface area contributed by atoms with Gasteiger partial charge in [0.1, 0.15) is 0 Å². The fraction of sp³-hybridized carbons (Fsp3) is 0. The zero-order chi connectivity index (χ0) is 65.9. The predicted octanol–water partition coefficient (Wildman–Crippen LogP) is 22.5. The van der Waals surface area contributed by atoms with Gasteiger partial charge in [-0.2, -0.15) is 0 Å². The first-order valence-electron chi connectivity index (χ1n) is 32.8. The van der Waals surface area contributed by atoms with Gasteiger partial charge in [-0.15, -0.1) is 0 Å². The van der Waals surface area contributed by atoms with E-state index in [1.807, 2.05) is 42.7 Å². The smallest absolute Gasteiger partial charge is 0.423 e. The van der Waals surface area contributed by atoms with Crippen LogP contribution in [0.4, 0.5) is 0 Å². The molecule has 14 aromatic carbocycles. The number of fused-ring (bicyclic) bond motifs is 8. The number of hydrogen-bond donors (Lipinski definition) is 2. The van der Waals surface area contributed by atoms with Crippen molar-refractivity contribution >= 4 is 100 Å². The maximum absolute atomic E-state index is 8.93. The number of hydrogen-bond acceptors (Lipinski definition) is 4. The Labute approximate surface area is 584 Å². The molecule has 4 aromatic heterocycles. The van der Waals surface area contributed by atoms with Crippen molar-refractivity contribution in [2.75, 3.05) is 0 Å². The lowest BCUT2D eigenvalue weighted by molar-refractivity contribution is 0.426. The molecule has 0 aliphatic carbocycles. The van der Waals surface area contributed by atoms with E-state index < -0.39 is 7.12 Å². The molecule has 0 bridgehead atoms. The lowest BCUT2D eigenvalue weighted by Gasteiger charge is -2.14. The van der Waals surface area contributed by atoms with E-state index in [1.165, 1.54) is 141 Å². The lowest BCUT2D eigenvalue weighted by atomic mass is 9.80. The molecule has 0 amide bonds. The number of nitrogens with zero attached hydrogens (tertiary/aromatic N) is 4. The minimum Gasteiger partial charge on any atom is -0.423 e. The predicted molar refractivity (Wildman–Crippen MR) is 421 cm³/mol. The molecule has 0 saturated heterocycles. The third-order valence-electron chi connectivity index (χ3n) is 18.6. The van der Waals surface area contributed by atoms with Crippen LogP contribution >= 0.6 is 22.6 Å². The first-order chi connectivity index (χ1) is 48.4. The first kappa shape index (κ1) is 61.1. The molecule has 6 nitrogen and oxygen atoms in total. The molecule has 4 heterocycles. The summed E-state index contributed by atoms with van der Waals surface area (Å²) in [5.41, 5.74) is 24.4. The molecule has 0 aliphatic rings. The summed E-state index contributed by atoms with van der Waals surface area (Å²) >= 11 is 2.45. The molecule has 0 unspecified atom stereocenters. The zero-order valence-electron chi connectivity index (χ0n) is 53.3. The Hall–Kier alpha value is -11.8. The molecule has 18 rings (SSSR count). The van der Waals surface area contributed by atoms with Gasteiger partial charge in [-0.25, -0.2) is 0 Å². The van der Waals surface area contributed by atoms with Crippen molar-refractivity contribution in [3.05, 3.63) is 368 Å². The average Bonchev–Trinajstić information content (AvgIpc) is 1.64. The highest BCUT2D eigenvalue weighted by Gasteiger charge is 2.18. The van der Waals surface area contributed by atoms with Crippen molar-refractivity contribution in [3.8, 4) is 89.3 Å². The van der Waals surface area contributed by atoms with Crippen molar-refractivity contribution in [1.29, 1.82) is 0 Å². The Morgan fingerprint density at radius 1 is 0.276 bits per heavy atom. The number of rotatable bonds is 10. The maximum Gasteiger partial charge on any atom is 0.488 e. The van der Waals surface area contributed by atoms with E-state index in [4.69, 9.17) is 10.0 Å². The second-order valence-corrected chi connectivity index (χ2v) is 25.6. The van der Waals surface area contributed by atoms with Gasteiger partial charge in [0.2, 0.25) is 0 Å². The van der Waals surface area contributed by atoms with Gasteiger partial charge >= 0.3 is 7.12 Å². The third-order valence-corrected chi connectivity index (χ3v) is 19.5. The molecule has 2 N–H and O–H groups in total. The summed E-state index contributed by atoms with van der Waals surface area (Å²) in [5, 5.41) is 28.1. The standard InChI is InChI=1S/C45H30N2.C34H22IN.C11H10BNO2.H2/c1-2-12-38(13-3-1)47-43-17-5-4-14-41(43)42-29-36(26-27-44(42)47)31-18-22-33(23-19-31)39-15-6-9-35-10-7-16-40(45(35)39)34-24-20-32(21-25-34)37-11-8-28-46-30-37;35-31-14-7-9-25-8-6-13-28(34(25)31)24-18-16-23(17-19-24)26-20-21-33-30(22-26)29-12-4-5-15-32(29)36(33)27-10-2-1-3-11-27;14-12(15)11-5-3-9(4-6-11)10-2-1-7-13-8-10;/h1-30H;1-22H;1-8,14-15H;1H/i;;;1+1. The second kappa shape index (κ2) is 27.1. The summed E-state index contributed by atoms with van der Waals surface area (Å²) in [6, 6.07) is 120. The second-order valence-electron chi connectivity index (χ2n) is 24.4. The molecule has 0 atom stereocenters. The van der Waals surface area contributed by atoms with Gasteiger partial charge < -0.3 is 19.2 Å². The van der Waals surface area contributed by atoms with E-state index >= 15 is 0 Å². The van der Waals surface area contributed by atoms with E-state index in [9.17, 15) is 0 Å². The lowest BCUT2D eigenvalue weighted by Crippen LogP contribution is -2.29. The van der Waals surface area contributed by atoms with Crippen LogP contribution in [0.1, 0.15) is 1.43 Å². The van der Waals surface area contributed by atoms with Gasteiger partial charge in [-0.1, -0.05) is 261 Å². The van der Waals surface area contributed by atoms with E-state index in [0.29, 0.717) is 5.46 Å². The third kappa shape index (κ3) is 12.0. The molecule has 0 radical (unpaired) electrons. The molecule has 98 heavy (non-hydrogen) atoms. The number of para-hydroxylation sites is 4. The first-order valence-corrected chi connectivity index (χ1v) is 33.9. The van der Waals surface area contributed by atoms with Crippen molar-refractivity contribution in [2.24, 2.45) is 0 Å². The van der Waals surface area contributed by atoms with Gasteiger partial charge in [-0.3, -0.25) is 9.97 Å². The van der Waals surface area contributed by atoms with Crippen LogP contribution in [0.5, 0.6) is 0 Å². The Kier molecular flexibility index (Phi) is 16.9. The number of benzene rings is 14. The highest BCUT2D eigenvalue weighted by Crippen LogP contribution is 2.41. The molecule has 0 spiro atoms. The van der Waals surface area contributed by atoms with Crippen LogP contribution in [0.3, 0.4) is 0 Å². The van der Waals surface area contributed by atoms with Crippen LogP contribution in [-0.4, -0.2) is 36.3 Å². The summed E-state index contributed by atoms with van der Waals surface area (Å²) in [4.78, 5) is 8.31. The van der Waals surface area contributed by atoms with Gasteiger partial charge in [0.05, 0.1) is 22.1 Å². The van der Waals surface area contributed by atoms with Crippen LogP contribution in [0, 0.1) is 3.57 Å². The van der Waals surface area contributed by atoms with E-state index in [-0.39, 0.29) is 1.43 Å². The molecule has 0 saturated carbocycles. The number of pyridine rings is 2. The summed E-state index contributed by atoms with van der Waals surface area (Å²) in [5.74, 6) is 0. The van der Waals surface area contributed by atoms with Gasteiger partial charge in [0.25, 0.3) is 0 Å². The molecular weight excluding hydrogens is 1310 g/mol. The van der Waals surface area contributed by atoms with Gasteiger partial charge in [-0.05, 0) is 201 Å². The normalized spacial score (nSPS) is 11.2. The fourth-order valence-corrected chi connectivity index (χ4v) is 14.6. The summed E-state index contributed by atoms with van der Waals surface area (Å²) in [6.45, 7) is 0. The van der Waals surface area contributed by atoms with Crippen LogP contribution in [0.2, 0.25) is 0 Å². The quantitative estimate of drug-likeness (QED) is 0.106. The highest BCUT2D eigenvalue weighted by atomic mass is 127. The average molecular weight is 1370 g/mol. The summed E-state index contributed by atoms with van der Waals surface area (Å²) in [7, 11) is -1.41. The van der Waals surface area contributed by atoms with Crippen LogP contribution < -0.4 is 5.46 Å². The van der Waals surface area contributed by atoms with Crippen molar-refractivity contribution < 1.29 is 11.5 Å². The van der Waals surface area contributed by atoms with Crippen molar-refractivity contribution in [3.63, 3.8) is 0 Å². The molecule has 466 valence electrons. The number of aromatic nitrogens is 4.